The van der Waals surface area contributed by atoms with Crippen molar-refractivity contribution in [3.8, 4) is 0 Å². The lowest BCUT2D eigenvalue weighted by Gasteiger charge is -2.21. The van der Waals surface area contributed by atoms with Crippen molar-refractivity contribution < 1.29 is 80.2 Å². The summed E-state index contributed by atoms with van der Waals surface area (Å²) in [5, 5.41) is 10.5. The van der Waals surface area contributed by atoms with Gasteiger partial charge in [0.15, 0.2) is 12.2 Å². The van der Waals surface area contributed by atoms with Crippen LogP contribution in [0.2, 0.25) is 0 Å². The Bertz CT molecular complexity index is 1700. The fourth-order valence-corrected chi connectivity index (χ4v) is 11.6. The number of carbonyl (C=O) groups excluding carboxylic acids is 4. The lowest BCUT2D eigenvalue weighted by Crippen LogP contribution is -2.30. The van der Waals surface area contributed by atoms with Gasteiger partial charge < -0.3 is 33.8 Å². The summed E-state index contributed by atoms with van der Waals surface area (Å²) in [5.41, 5.74) is 0. The summed E-state index contributed by atoms with van der Waals surface area (Å²) in [7, 11) is -9.89. The van der Waals surface area contributed by atoms with E-state index in [0.717, 1.165) is 120 Å². The maximum atomic E-state index is 13.0. The van der Waals surface area contributed by atoms with Crippen molar-refractivity contribution in [3.05, 3.63) is 0 Å². The molecule has 0 aliphatic heterocycles. The number of carbonyl (C=O) groups is 4. The lowest BCUT2D eigenvalue weighted by atomic mass is 10.00. The van der Waals surface area contributed by atoms with Gasteiger partial charge in [0.05, 0.1) is 26.4 Å². The highest BCUT2D eigenvalue weighted by molar-refractivity contribution is 7.47. The molecule has 0 aromatic carbocycles. The number of phosphoric acid groups is 2. The third-order valence-corrected chi connectivity index (χ3v) is 17.6. The lowest BCUT2D eigenvalue weighted by molar-refractivity contribution is -0.161. The smallest absolute Gasteiger partial charge is 0.462 e. The Morgan fingerprint density at radius 3 is 0.884 bits per heavy atom. The van der Waals surface area contributed by atoms with E-state index in [9.17, 15) is 43.2 Å². The molecule has 510 valence electrons. The van der Waals surface area contributed by atoms with E-state index < -0.39 is 97.5 Å². The number of esters is 4. The predicted molar refractivity (Wildman–Crippen MR) is 344 cm³/mol. The van der Waals surface area contributed by atoms with Crippen LogP contribution < -0.4 is 0 Å². The molecule has 0 amide bonds. The Kier molecular flexibility index (Phi) is 56.9. The largest absolute Gasteiger partial charge is 0.472 e. The normalized spacial score (nSPS) is 14.6. The van der Waals surface area contributed by atoms with Crippen LogP contribution in [0.1, 0.15) is 331 Å². The van der Waals surface area contributed by atoms with Gasteiger partial charge in [0.1, 0.15) is 19.3 Å². The average Bonchev–Trinajstić information content (AvgIpc) is 3.61. The van der Waals surface area contributed by atoms with Crippen LogP contribution >= 0.6 is 15.6 Å². The van der Waals surface area contributed by atoms with Crippen LogP contribution in [0, 0.1) is 17.8 Å². The van der Waals surface area contributed by atoms with Gasteiger partial charge in [-0.15, -0.1) is 0 Å². The van der Waals surface area contributed by atoms with E-state index in [4.69, 9.17) is 37.0 Å². The highest BCUT2D eigenvalue weighted by Gasteiger charge is 2.30. The number of aliphatic hydroxyl groups is 1. The summed E-state index contributed by atoms with van der Waals surface area (Å²) in [6.07, 6.45) is 40.5. The molecule has 0 aromatic rings. The number of phosphoric ester groups is 2. The molecule has 3 N–H and O–H groups in total. The summed E-state index contributed by atoms with van der Waals surface area (Å²) in [6.45, 7) is 11.7. The molecular formula is C67H130O17P2. The molecule has 0 aliphatic rings. The molecule has 0 saturated heterocycles. The molecule has 3 unspecified atom stereocenters. The fourth-order valence-electron chi connectivity index (χ4n) is 9.98. The Hall–Kier alpha value is -1.94. The van der Waals surface area contributed by atoms with E-state index in [1.54, 1.807) is 0 Å². The minimum Gasteiger partial charge on any atom is -0.462 e. The molecular weight excluding hydrogens is 1140 g/mol. The summed E-state index contributed by atoms with van der Waals surface area (Å²) < 4.78 is 68.0. The molecule has 0 bridgehead atoms. The van der Waals surface area contributed by atoms with E-state index >= 15 is 0 Å². The van der Waals surface area contributed by atoms with Crippen LogP contribution in [0.4, 0.5) is 0 Å². The van der Waals surface area contributed by atoms with Crippen molar-refractivity contribution in [2.24, 2.45) is 17.8 Å². The number of ether oxygens (including phenoxy) is 4. The number of hydrogen-bond acceptors (Lipinski definition) is 15. The summed E-state index contributed by atoms with van der Waals surface area (Å²) >= 11 is 0. The molecule has 17 nitrogen and oxygen atoms in total. The Balaban J connectivity index is 5.21. The quantitative estimate of drug-likeness (QED) is 0.0222. The van der Waals surface area contributed by atoms with Gasteiger partial charge in [0.25, 0.3) is 0 Å². The number of rotatable bonds is 65. The molecule has 0 heterocycles. The van der Waals surface area contributed by atoms with Crippen LogP contribution in [-0.2, 0) is 65.4 Å². The van der Waals surface area contributed by atoms with Crippen LogP contribution in [-0.4, -0.2) is 96.7 Å². The second kappa shape index (κ2) is 58.2. The number of aliphatic hydroxyl groups excluding tert-OH is 1. The monoisotopic (exact) mass is 1270 g/mol. The van der Waals surface area contributed by atoms with E-state index in [2.05, 4.69) is 48.5 Å². The van der Waals surface area contributed by atoms with Gasteiger partial charge in [-0.05, 0) is 43.4 Å². The zero-order valence-corrected chi connectivity index (χ0v) is 57.6. The van der Waals surface area contributed by atoms with Gasteiger partial charge >= 0.3 is 39.5 Å². The highest BCUT2D eigenvalue weighted by atomic mass is 31.2. The first-order valence-electron chi connectivity index (χ1n) is 34.9. The molecule has 19 heteroatoms. The molecule has 0 spiro atoms. The zero-order chi connectivity index (χ0) is 63.8. The minimum absolute atomic E-state index is 0.102. The zero-order valence-electron chi connectivity index (χ0n) is 55.8. The van der Waals surface area contributed by atoms with Crippen LogP contribution in [0.25, 0.3) is 0 Å². The van der Waals surface area contributed by atoms with Crippen LogP contribution in [0.5, 0.6) is 0 Å². The van der Waals surface area contributed by atoms with Gasteiger partial charge in [-0.3, -0.25) is 37.3 Å². The van der Waals surface area contributed by atoms with Gasteiger partial charge in [-0.2, -0.15) is 0 Å². The van der Waals surface area contributed by atoms with Crippen LogP contribution in [0.15, 0.2) is 0 Å². The van der Waals surface area contributed by atoms with Crippen molar-refractivity contribution in [1.29, 1.82) is 0 Å². The van der Waals surface area contributed by atoms with E-state index in [1.807, 2.05) is 0 Å². The van der Waals surface area contributed by atoms with Gasteiger partial charge in [-0.25, -0.2) is 9.13 Å². The topological polar surface area (TPSA) is 237 Å². The first-order valence-corrected chi connectivity index (χ1v) is 37.9. The molecule has 0 rings (SSSR count). The molecule has 0 saturated carbocycles. The molecule has 0 aromatic heterocycles. The van der Waals surface area contributed by atoms with Gasteiger partial charge in [0, 0.05) is 25.7 Å². The molecule has 6 atom stereocenters. The molecule has 0 fully saturated rings. The SMILES string of the molecule is CCCCCCCCCC(=O)OC[C@H](COP(=O)(O)OC[C@H](O)COP(=O)(O)OC[C@@H](COC(=O)CCCCCCCCCCCC(C)C)OC(=O)CCCCCCCCCCCCCCCCC(C)C)OC(=O)CCCCCCCCC(C)CC. The van der Waals surface area contributed by atoms with Gasteiger partial charge in [-0.1, -0.05) is 280 Å². The third-order valence-electron chi connectivity index (χ3n) is 15.7. The standard InChI is InChI=1S/C67H130O17P2/c1-8-10-11-12-24-34-41-48-64(69)77-54-63(84-67(72)51-44-37-30-29-33-40-47-60(7)9-2)57-82-86(75,76)80-53-61(68)52-79-85(73,74)81-56-62(55-78-65(70)49-42-35-27-23-19-21-26-32-39-46-59(5)6)83-66(71)50-43-36-28-22-18-16-14-13-15-17-20-25-31-38-45-58(3)4/h58-63,68H,8-57H2,1-7H3,(H,73,74)(H,75,76)/t60?,61-,62-,63-/m1/s1. The predicted octanol–water partition coefficient (Wildman–Crippen LogP) is 18.7. The van der Waals surface area contributed by atoms with Crippen molar-refractivity contribution in [3.63, 3.8) is 0 Å². The molecule has 0 aliphatic carbocycles. The van der Waals surface area contributed by atoms with Crippen molar-refractivity contribution in [1.82, 2.24) is 0 Å². The maximum Gasteiger partial charge on any atom is 0.472 e. The Morgan fingerprint density at radius 1 is 0.337 bits per heavy atom. The summed E-state index contributed by atoms with van der Waals surface area (Å²) in [4.78, 5) is 72.2. The van der Waals surface area contributed by atoms with Crippen molar-refractivity contribution >= 4 is 39.5 Å². The molecule has 86 heavy (non-hydrogen) atoms. The average molecular weight is 1270 g/mol. The number of unbranched alkanes of at least 4 members (excludes halogenated alkanes) is 32. The van der Waals surface area contributed by atoms with E-state index in [-0.39, 0.29) is 25.7 Å². The number of hydrogen-bond donors (Lipinski definition) is 3. The first-order chi connectivity index (χ1) is 41.3. The Labute approximate surface area is 524 Å². The second-order valence-electron chi connectivity index (χ2n) is 25.4. The third kappa shape index (κ3) is 59.7. The minimum atomic E-state index is -4.95. The second-order valence-corrected chi connectivity index (χ2v) is 28.3. The van der Waals surface area contributed by atoms with E-state index in [1.165, 1.54) is 128 Å². The van der Waals surface area contributed by atoms with Crippen molar-refractivity contribution in [2.75, 3.05) is 39.6 Å². The fraction of sp³-hybridized carbons (Fsp3) is 0.940. The summed E-state index contributed by atoms with van der Waals surface area (Å²) in [5.74, 6) is 0.122. The summed E-state index contributed by atoms with van der Waals surface area (Å²) in [6, 6.07) is 0. The first kappa shape index (κ1) is 84.1. The maximum absolute atomic E-state index is 13.0. The molecule has 0 radical (unpaired) electrons. The highest BCUT2D eigenvalue weighted by Crippen LogP contribution is 2.45. The van der Waals surface area contributed by atoms with E-state index in [0.29, 0.717) is 25.7 Å². The van der Waals surface area contributed by atoms with Crippen molar-refractivity contribution in [2.45, 2.75) is 349 Å². The Morgan fingerprint density at radius 2 is 0.593 bits per heavy atom. The van der Waals surface area contributed by atoms with Crippen LogP contribution in [0.3, 0.4) is 0 Å². The van der Waals surface area contributed by atoms with Gasteiger partial charge in [0.2, 0.25) is 0 Å².